The SMILES string of the molecule is Cc1cc(S(=O)(=O)Nc2nc(-c3cccnc3)cs2)ccc1Br. The standard InChI is InChI=1S/C15H12BrN3O2S2/c1-10-7-12(4-5-13(10)16)23(20,21)19-15-18-14(9-22-15)11-3-2-6-17-8-11/h2-9H,1H3,(H,18,19). The van der Waals surface area contributed by atoms with E-state index in [0.717, 1.165) is 15.6 Å². The molecular formula is C15H12BrN3O2S2. The van der Waals surface area contributed by atoms with Crippen LogP contribution in [0.15, 0.2) is 57.5 Å². The Labute approximate surface area is 146 Å². The van der Waals surface area contributed by atoms with E-state index < -0.39 is 10.0 Å². The van der Waals surface area contributed by atoms with Gasteiger partial charge in [0.25, 0.3) is 10.0 Å². The molecule has 8 heteroatoms. The second-order valence-electron chi connectivity index (χ2n) is 4.80. The summed E-state index contributed by atoms with van der Waals surface area (Å²) < 4.78 is 28.3. The molecular weight excluding hydrogens is 398 g/mol. The molecule has 0 aliphatic heterocycles. The zero-order valence-corrected chi connectivity index (χ0v) is 15.2. The van der Waals surface area contributed by atoms with Gasteiger partial charge in [0.2, 0.25) is 0 Å². The van der Waals surface area contributed by atoms with Crippen molar-refractivity contribution in [3.8, 4) is 11.3 Å². The third kappa shape index (κ3) is 3.60. The molecule has 0 unspecified atom stereocenters. The maximum absolute atomic E-state index is 12.4. The van der Waals surface area contributed by atoms with Crippen molar-refractivity contribution in [1.82, 2.24) is 9.97 Å². The summed E-state index contributed by atoms with van der Waals surface area (Å²) in [7, 11) is -3.66. The van der Waals surface area contributed by atoms with Gasteiger partial charge in [-0.2, -0.15) is 0 Å². The number of rotatable bonds is 4. The van der Waals surface area contributed by atoms with Crippen molar-refractivity contribution in [1.29, 1.82) is 0 Å². The maximum atomic E-state index is 12.4. The summed E-state index contributed by atoms with van der Waals surface area (Å²) in [4.78, 5) is 8.55. The lowest BCUT2D eigenvalue weighted by Gasteiger charge is -2.07. The average Bonchev–Trinajstić information content (AvgIpc) is 2.98. The molecule has 0 amide bonds. The molecule has 0 saturated carbocycles. The molecule has 0 aliphatic rings. The molecule has 0 aliphatic carbocycles. The number of aromatic nitrogens is 2. The number of nitrogens with zero attached hydrogens (tertiary/aromatic N) is 2. The molecule has 0 radical (unpaired) electrons. The van der Waals surface area contributed by atoms with Gasteiger partial charge in [-0.1, -0.05) is 15.9 Å². The molecule has 0 bridgehead atoms. The van der Waals surface area contributed by atoms with Gasteiger partial charge in [-0.25, -0.2) is 13.4 Å². The minimum atomic E-state index is -3.66. The first kappa shape index (κ1) is 16.1. The zero-order valence-electron chi connectivity index (χ0n) is 12.0. The highest BCUT2D eigenvalue weighted by atomic mass is 79.9. The summed E-state index contributed by atoms with van der Waals surface area (Å²) in [6, 6.07) is 8.56. The van der Waals surface area contributed by atoms with Gasteiger partial charge >= 0.3 is 0 Å². The Bertz CT molecular complexity index is 940. The van der Waals surface area contributed by atoms with Crippen LogP contribution in [-0.2, 0) is 10.0 Å². The Kier molecular flexibility index (Phi) is 4.47. The number of anilines is 1. The normalized spacial score (nSPS) is 11.4. The van der Waals surface area contributed by atoms with E-state index in [4.69, 9.17) is 0 Å². The van der Waals surface area contributed by atoms with E-state index in [0.29, 0.717) is 10.8 Å². The zero-order chi connectivity index (χ0) is 16.4. The van der Waals surface area contributed by atoms with Crippen LogP contribution in [0.2, 0.25) is 0 Å². The van der Waals surface area contributed by atoms with Gasteiger partial charge in [-0.3, -0.25) is 9.71 Å². The van der Waals surface area contributed by atoms with Crippen LogP contribution in [0, 0.1) is 6.92 Å². The molecule has 1 aromatic carbocycles. The smallest absolute Gasteiger partial charge is 0.263 e. The predicted octanol–water partition coefficient (Wildman–Crippen LogP) is 4.08. The van der Waals surface area contributed by atoms with Crippen molar-refractivity contribution in [2.45, 2.75) is 11.8 Å². The second kappa shape index (κ2) is 6.38. The molecule has 3 rings (SSSR count). The molecule has 0 saturated heterocycles. The molecule has 3 aromatic rings. The van der Waals surface area contributed by atoms with Crippen LogP contribution in [0.1, 0.15) is 5.56 Å². The van der Waals surface area contributed by atoms with E-state index in [9.17, 15) is 8.42 Å². The van der Waals surface area contributed by atoms with Crippen molar-refractivity contribution in [3.63, 3.8) is 0 Å². The Balaban J connectivity index is 1.86. The van der Waals surface area contributed by atoms with Crippen LogP contribution < -0.4 is 4.72 Å². The van der Waals surface area contributed by atoms with Crippen molar-refractivity contribution in [3.05, 3.63) is 58.1 Å². The molecule has 118 valence electrons. The van der Waals surface area contributed by atoms with Crippen LogP contribution in [0.4, 0.5) is 5.13 Å². The van der Waals surface area contributed by atoms with Gasteiger partial charge in [-0.05, 0) is 42.8 Å². The summed E-state index contributed by atoms with van der Waals surface area (Å²) in [6.45, 7) is 1.84. The molecule has 2 aromatic heterocycles. The first-order valence-corrected chi connectivity index (χ1v) is 9.76. The Morgan fingerprint density at radius 3 is 2.78 bits per heavy atom. The Morgan fingerprint density at radius 1 is 1.26 bits per heavy atom. The lowest BCUT2D eigenvalue weighted by Crippen LogP contribution is -2.13. The fourth-order valence-electron chi connectivity index (χ4n) is 1.93. The predicted molar refractivity (Wildman–Crippen MR) is 95.0 cm³/mol. The van der Waals surface area contributed by atoms with E-state index in [-0.39, 0.29) is 4.90 Å². The van der Waals surface area contributed by atoms with Crippen LogP contribution in [0.5, 0.6) is 0 Å². The van der Waals surface area contributed by atoms with Gasteiger partial charge in [0.15, 0.2) is 5.13 Å². The number of nitrogens with one attached hydrogen (secondary N) is 1. The van der Waals surface area contributed by atoms with Crippen LogP contribution >= 0.6 is 27.3 Å². The Morgan fingerprint density at radius 2 is 2.09 bits per heavy atom. The highest BCUT2D eigenvalue weighted by Crippen LogP contribution is 2.27. The molecule has 0 spiro atoms. The van der Waals surface area contributed by atoms with Gasteiger partial charge in [0, 0.05) is 27.8 Å². The largest absolute Gasteiger partial charge is 0.264 e. The second-order valence-corrected chi connectivity index (χ2v) is 8.19. The summed E-state index contributed by atoms with van der Waals surface area (Å²) in [5.74, 6) is 0. The monoisotopic (exact) mass is 409 g/mol. The summed E-state index contributed by atoms with van der Waals surface area (Å²) in [5, 5.41) is 2.12. The van der Waals surface area contributed by atoms with Crippen molar-refractivity contribution in [2.75, 3.05) is 4.72 Å². The van der Waals surface area contributed by atoms with Crippen LogP contribution in [0.3, 0.4) is 0 Å². The van der Waals surface area contributed by atoms with Crippen molar-refractivity contribution in [2.24, 2.45) is 0 Å². The molecule has 0 fully saturated rings. The first-order chi connectivity index (χ1) is 11.0. The minimum Gasteiger partial charge on any atom is -0.264 e. The fourth-order valence-corrected chi connectivity index (χ4v) is 4.23. The van der Waals surface area contributed by atoms with Gasteiger partial charge in [0.1, 0.15) is 0 Å². The molecule has 1 N–H and O–H groups in total. The lowest BCUT2D eigenvalue weighted by molar-refractivity contribution is 0.601. The summed E-state index contributed by atoms with van der Waals surface area (Å²) in [5.41, 5.74) is 2.38. The maximum Gasteiger partial charge on any atom is 0.263 e. The van der Waals surface area contributed by atoms with Crippen molar-refractivity contribution < 1.29 is 8.42 Å². The highest BCUT2D eigenvalue weighted by molar-refractivity contribution is 9.10. The van der Waals surface area contributed by atoms with E-state index in [1.165, 1.54) is 11.3 Å². The Hall–Kier alpha value is -1.77. The van der Waals surface area contributed by atoms with E-state index in [1.807, 2.05) is 19.1 Å². The van der Waals surface area contributed by atoms with E-state index in [1.54, 1.807) is 36.0 Å². The van der Waals surface area contributed by atoms with Crippen molar-refractivity contribution >= 4 is 42.4 Å². The average molecular weight is 410 g/mol. The number of thiazole rings is 1. The first-order valence-electron chi connectivity index (χ1n) is 6.60. The number of aryl methyl sites for hydroxylation is 1. The fraction of sp³-hybridized carbons (Fsp3) is 0.0667. The van der Waals surface area contributed by atoms with Gasteiger partial charge in [0.05, 0.1) is 10.6 Å². The van der Waals surface area contributed by atoms with E-state index in [2.05, 4.69) is 30.6 Å². The number of halogens is 1. The number of sulfonamides is 1. The van der Waals surface area contributed by atoms with Crippen LogP contribution in [-0.4, -0.2) is 18.4 Å². The number of benzene rings is 1. The third-order valence-corrected chi connectivity index (χ3v) is 6.24. The molecule has 23 heavy (non-hydrogen) atoms. The quantitative estimate of drug-likeness (QED) is 0.704. The molecule has 2 heterocycles. The van der Waals surface area contributed by atoms with Crippen LogP contribution in [0.25, 0.3) is 11.3 Å². The minimum absolute atomic E-state index is 0.205. The summed E-state index contributed by atoms with van der Waals surface area (Å²) >= 11 is 4.60. The number of hydrogen-bond acceptors (Lipinski definition) is 5. The molecule has 5 nitrogen and oxygen atoms in total. The number of hydrogen-bond donors (Lipinski definition) is 1. The van der Waals surface area contributed by atoms with E-state index >= 15 is 0 Å². The summed E-state index contributed by atoms with van der Waals surface area (Å²) in [6.07, 6.45) is 3.36. The van der Waals surface area contributed by atoms with Gasteiger partial charge in [-0.15, -0.1) is 11.3 Å². The topological polar surface area (TPSA) is 72.0 Å². The molecule has 0 atom stereocenters. The lowest BCUT2D eigenvalue weighted by atomic mass is 10.2. The third-order valence-electron chi connectivity index (χ3n) is 3.12. The highest BCUT2D eigenvalue weighted by Gasteiger charge is 2.17. The van der Waals surface area contributed by atoms with Gasteiger partial charge < -0.3 is 0 Å². The number of pyridine rings is 1.